The molecule has 0 aliphatic heterocycles. The van der Waals surface area contributed by atoms with E-state index in [0.717, 1.165) is 28.8 Å². The molecule has 1 aromatic carbocycles. The summed E-state index contributed by atoms with van der Waals surface area (Å²) < 4.78 is 11.4. The van der Waals surface area contributed by atoms with E-state index < -0.39 is 0 Å². The zero-order chi connectivity index (χ0) is 15.7. The first-order chi connectivity index (χ1) is 10.6. The van der Waals surface area contributed by atoms with Gasteiger partial charge in [0, 0.05) is 10.5 Å². The minimum atomic E-state index is -0.0796. The van der Waals surface area contributed by atoms with Gasteiger partial charge in [-0.2, -0.15) is 0 Å². The molecular formula is C17H18BrNO3. The molecule has 0 saturated heterocycles. The molecule has 2 aromatic rings. The van der Waals surface area contributed by atoms with Crippen LogP contribution in [0.15, 0.2) is 45.5 Å². The Morgan fingerprint density at radius 1 is 1.41 bits per heavy atom. The van der Waals surface area contributed by atoms with Crippen molar-refractivity contribution in [2.45, 2.75) is 31.8 Å². The van der Waals surface area contributed by atoms with Gasteiger partial charge in [0.15, 0.2) is 0 Å². The van der Waals surface area contributed by atoms with E-state index in [1.54, 1.807) is 25.5 Å². The molecule has 1 unspecified atom stereocenters. The van der Waals surface area contributed by atoms with Gasteiger partial charge in [0.25, 0.3) is 5.91 Å². The molecule has 1 aromatic heterocycles. The summed E-state index contributed by atoms with van der Waals surface area (Å²) in [5.41, 5.74) is 0.645. The van der Waals surface area contributed by atoms with Crippen molar-refractivity contribution >= 4 is 21.8 Å². The van der Waals surface area contributed by atoms with Crippen LogP contribution in [-0.2, 0) is 0 Å². The van der Waals surface area contributed by atoms with E-state index in [0.29, 0.717) is 11.6 Å². The van der Waals surface area contributed by atoms with Crippen LogP contribution in [0.25, 0.3) is 0 Å². The van der Waals surface area contributed by atoms with Gasteiger partial charge in [-0.25, -0.2) is 0 Å². The SMILES string of the molecule is COc1ccc(C(=O)N(C2CC2)C(C)c2ccco2)c(Br)c1. The number of rotatable bonds is 5. The average molecular weight is 364 g/mol. The average Bonchev–Trinajstić information content (AvgIpc) is 3.18. The van der Waals surface area contributed by atoms with E-state index in [4.69, 9.17) is 9.15 Å². The van der Waals surface area contributed by atoms with Crippen LogP contribution in [0.2, 0.25) is 0 Å². The topological polar surface area (TPSA) is 42.7 Å². The Balaban J connectivity index is 1.90. The second-order valence-corrected chi connectivity index (χ2v) is 6.34. The van der Waals surface area contributed by atoms with E-state index in [2.05, 4.69) is 15.9 Å². The van der Waals surface area contributed by atoms with Crippen molar-refractivity contribution in [2.75, 3.05) is 7.11 Å². The fraction of sp³-hybridized carbons (Fsp3) is 0.353. The smallest absolute Gasteiger partial charge is 0.255 e. The number of carbonyl (C=O) groups is 1. The Hall–Kier alpha value is -1.75. The zero-order valence-electron chi connectivity index (χ0n) is 12.6. The monoisotopic (exact) mass is 363 g/mol. The molecule has 1 amide bonds. The fourth-order valence-electron chi connectivity index (χ4n) is 2.61. The summed E-state index contributed by atoms with van der Waals surface area (Å²) in [5, 5.41) is 0. The van der Waals surface area contributed by atoms with Crippen LogP contribution >= 0.6 is 15.9 Å². The quantitative estimate of drug-likeness (QED) is 0.789. The number of halogens is 1. The van der Waals surface area contributed by atoms with Crippen LogP contribution in [0.4, 0.5) is 0 Å². The molecule has 1 aliphatic carbocycles. The lowest BCUT2D eigenvalue weighted by molar-refractivity contribution is 0.0651. The zero-order valence-corrected chi connectivity index (χ0v) is 14.2. The number of nitrogens with zero attached hydrogens (tertiary/aromatic N) is 1. The first kappa shape index (κ1) is 15.2. The maximum Gasteiger partial charge on any atom is 0.255 e. The molecule has 1 atom stereocenters. The van der Waals surface area contributed by atoms with Crippen molar-refractivity contribution in [3.8, 4) is 5.75 Å². The molecule has 1 aliphatic rings. The van der Waals surface area contributed by atoms with Crippen LogP contribution in [0.5, 0.6) is 5.75 Å². The number of methoxy groups -OCH3 is 1. The fourth-order valence-corrected chi connectivity index (χ4v) is 3.14. The van der Waals surface area contributed by atoms with Gasteiger partial charge in [0.05, 0.1) is 25.0 Å². The lowest BCUT2D eigenvalue weighted by Gasteiger charge is -2.28. The van der Waals surface area contributed by atoms with Crippen LogP contribution in [-0.4, -0.2) is 24.0 Å². The van der Waals surface area contributed by atoms with E-state index in [-0.39, 0.29) is 11.9 Å². The summed E-state index contributed by atoms with van der Waals surface area (Å²) in [6, 6.07) is 9.40. The van der Waals surface area contributed by atoms with Crippen molar-refractivity contribution in [1.82, 2.24) is 4.90 Å². The Morgan fingerprint density at radius 3 is 2.73 bits per heavy atom. The van der Waals surface area contributed by atoms with Crippen molar-refractivity contribution in [3.05, 3.63) is 52.4 Å². The Morgan fingerprint density at radius 2 is 2.18 bits per heavy atom. The minimum Gasteiger partial charge on any atom is -0.497 e. The number of ether oxygens (including phenoxy) is 1. The highest BCUT2D eigenvalue weighted by atomic mass is 79.9. The Kier molecular flexibility index (Phi) is 4.25. The normalized spacial score (nSPS) is 15.4. The van der Waals surface area contributed by atoms with Crippen LogP contribution in [0.1, 0.15) is 41.9 Å². The Bertz CT molecular complexity index is 665. The second-order valence-electron chi connectivity index (χ2n) is 5.48. The molecule has 0 radical (unpaired) electrons. The van der Waals surface area contributed by atoms with E-state index in [9.17, 15) is 4.79 Å². The van der Waals surface area contributed by atoms with Crippen molar-refractivity contribution in [3.63, 3.8) is 0 Å². The maximum absolute atomic E-state index is 13.0. The third-order valence-corrected chi connectivity index (χ3v) is 4.61. The highest BCUT2D eigenvalue weighted by Gasteiger charge is 2.38. The molecule has 22 heavy (non-hydrogen) atoms. The van der Waals surface area contributed by atoms with Gasteiger partial charge in [-0.1, -0.05) is 0 Å². The summed E-state index contributed by atoms with van der Waals surface area (Å²) in [4.78, 5) is 14.9. The van der Waals surface area contributed by atoms with Gasteiger partial charge in [0.1, 0.15) is 11.5 Å². The minimum absolute atomic E-state index is 0.0147. The number of carbonyl (C=O) groups excluding carboxylic acids is 1. The first-order valence-electron chi connectivity index (χ1n) is 7.31. The number of hydrogen-bond acceptors (Lipinski definition) is 3. The molecule has 5 heteroatoms. The van der Waals surface area contributed by atoms with E-state index in [1.807, 2.05) is 30.0 Å². The molecule has 0 spiro atoms. The predicted molar refractivity (Wildman–Crippen MR) is 87.0 cm³/mol. The first-order valence-corrected chi connectivity index (χ1v) is 8.10. The summed E-state index contributed by atoms with van der Waals surface area (Å²) in [5.74, 6) is 1.55. The van der Waals surface area contributed by atoms with Crippen molar-refractivity contribution in [2.24, 2.45) is 0 Å². The molecular weight excluding hydrogens is 346 g/mol. The van der Waals surface area contributed by atoms with Crippen molar-refractivity contribution < 1.29 is 13.9 Å². The van der Waals surface area contributed by atoms with Gasteiger partial charge >= 0.3 is 0 Å². The summed E-state index contributed by atoms with van der Waals surface area (Å²) in [7, 11) is 1.61. The summed E-state index contributed by atoms with van der Waals surface area (Å²) in [6.07, 6.45) is 3.74. The Labute approximate surface area is 138 Å². The van der Waals surface area contributed by atoms with Crippen LogP contribution < -0.4 is 4.74 Å². The lowest BCUT2D eigenvalue weighted by atomic mass is 10.1. The third-order valence-electron chi connectivity index (χ3n) is 3.95. The highest BCUT2D eigenvalue weighted by Crippen LogP contribution is 2.37. The molecule has 0 bridgehead atoms. The predicted octanol–water partition coefficient (Wildman–Crippen LogP) is 4.42. The van der Waals surface area contributed by atoms with Crippen LogP contribution in [0, 0.1) is 0 Å². The summed E-state index contributed by atoms with van der Waals surface area (Å²) >= 11 is 3.47. The van der Waals surface area contributed by atoms with Gasteiger partial charge in [0.2, 0.25) is 0 Å². The molecule has 4 nitrogen and oxygen atoms in total. The molecule has 116 valence electrons. The molecule has 3 rings (SSSR count). The summed E-state index contributed by atoms with van der Waals surface area (Å²) in [6.45, 7) is 2.01. The standard InChI is InChI=1S/C17H18BrNO3/c1-11(16-4-3-9-22-16)19(12-5-6-12)17(20)14-8-7-13(21-2)10-15(14)18/h3-4,7-12H,5-6H2,1-2H3. The number of hydrogen-bond donors (Lipinski definition) is 0. The van der Waals surface area contributed by atoms with Crippen molar-refractivity contribution in [1.29, 1.82) is 0 Å². The van der Waals surface area contributed by atoms with Crippen LogP contribution in [0.3, 0.4) is 0 Å². The largest absolute Gasteiger partial charge is 0.497 e. The lowest BCUT2D eigenvalue weighted by Crippen LogP contribution is -2.35. The third kappa shape index (κ3) is 2.90. The maximum atomic E-state index is 13.0. The molecule has 1 saturated carbocycles. The van der Waals surface area contributed by atoms with E-state index >= 15 is 0 Å². The molecule has 0 N–H and O–H groups in total. The number of amides is 1. The second kappa shape index (κ2) is 6.16. The van der Waals surface area contributed by atoms with Gasteiger partial charge in [-0.15, -0.1) is 0 Å². The molecule has 1 heterocycles. The van der Waals surface area contributed by atoms with Gasteiger partial charge in [-0.3, -0.25) is 4.79 Å². The van der Waals surface area contributed by atoms with Gasteiger partial charge < -0.3 is 14.1 Å². The number of furan rings is 1. The highest BCUT2D eigenvalue weighted by molar-refractivity contribution is 9.10. The number of benzene rings is 1. The van der Waals surface area contributed by atoms with Gasteiger partial charge in [-0.05, 0) is 66.0 Å². The van der Waals surface area contributed by atoms with E-state index in [1.165, 1.54) is 0 Å². The molecule has 1 fully saturated rings.